The summed E-state index contributed by atoms with van der Waals surface area (Å²) < 4.78 is 0. The standard InChI is InChI=1S/C15H30O7/c1-3-5-6-7-8-9-10-11-12-13-15-17-19-21-22-20-18-16-14-4-2/h4,14H,3,5-13,15H2,1-2H3. The molecule has 0 unspecified atom stereocenters. The molecule has 0 aromatic carbocycles. The Morgan fingerprint density at radius 1 is 0.636 bits per heavy atom. The molecule has 0 saturated carbocycles. The van der Waals surface area contributed by atoms with Gasteiger partial charge >= 0.3 is 0 Å². The molecular weight excluding hydrogens is 292 g/mol. The Balaban J connectivity index is 2.94. The zero-order chi connectivity index (χ0) is 16.1. The molecule has 132 valence electrons. The molecular formula is C15H30O7. The summed E-state index contributed by atoms with van der Waals surface area (Å²) in [4.78, 5) is 8.99. The first-order valence-corrected chi connectivity index (χ1v) is 8.14. The van der Waals surface area contributed by atoms with Crippen molar-refractivity contribution < 1.29 is 35.0 Å². The molecule has 0 atom stereocenters. The third kappa shape index (κ3) is 19.3. The Hall–Kier alpha value is -0.700. The maximum atomic E-state index is 4.70. The largest absolute Gasteiger partial charge is 0.314 e. The van der Waals surface area contributed by atoms with Crippen LogP contribution in [0, 0.1) is 0 Å². The zero-order valence-electron chi connectivity index (χ0n) is 13.8. The minimum Gasteiger partial charge on any atom is -0.314 e. The lowest BCUT2D eigenvalue weighted by molar-refractivity contribution is -0.786. The summed E-state index contributed by atoms with van der Waals surface area (Å²) in [6, 6.07) is 0. The van der Waals surface area contributed by atoms with Crippen molar-refractivity contribution in [2.45, 2.75) is 78.1 Å². The van der Waals surface area contributed by atoms with E-state index in [0.717, 1.165) is 12.8 Å². The fourth-order valence-corrected chi connectivity index (χ4v) is 1.83. The van der Waals surface area contributed by atoms with Crippen molar-refractivity contribution in [1.82, 2.24) is 0 Å². The lowest BCUT2D eigenvalue weighted by Crippen LogP contribution is -2.01. The van der Waals surface area contributed by atoms with Gasteiger partial charge in [-0.25, -0.2) is 4.89 Å². The predicted octanol–water partition coefficient (Wildman–Crippen LogP) is 5.05. The molecule has 0 aliphatic rings. The number of hydrogen-bond acceptors (Lipinski definition) is 7. The minimum atomic E-state index is 0.426. The van der Waals surface area contributed by atoms with Gasteiger partial charge in [0, 0.05) is 15.1 Å². The predicted molar refractivity (Wildman–Crippen MR) is 79.1 cm³/mol. The van der Waals surface area contributed by atoms with Gasteiger partial charge in [-0.05, 0) is 29.5 Å². The van der Waals surface area contributed by atoms with Crippen LogP contribution in [0.5, 0.6) is 0 Å². The third-order valence-corrected chi connectivity index (χ3v) is 2.97. The van der Waals surface area contributed by atoms with E-state index in [1.54, 1.807) is 13.0 Å². The summed E-state index contributed by atoms with van der Waals surface area (Å²) in [6.45, 7) is 4.41. The van der Waals surface area contributed by atoms with E-state index in [2.05, 4.69) is 37.0 Å². The van der Waals surface area contributed by atoms with Crippen LogP contribution in [0.4, 0.5) is 0 Å². The quantitative estimate of drug-likeness (QED) is 0.151. The lowest BCUT2D eigenvalue weighted by atomic mass is 10.1. The lowest BCUT2D eigenvalue weighted by Gasteiger charge is -2.02. The molecule has 0 fully saturated rings. The van der Waals surface area contributed by atoms with Crippen LogP contribution in [-0.2, 0) is 35.0 Å². The Kier molecular flexibility index (Phi) is 19.7. The molecule has 0 radical (unpaired) electrons. The highest BCUT2D eigenvalue weighted by molar-refractivity contribution is 4.62. The maximum absolute atomic E-state index is 4.70. The van der Waals surface area contributed by atoms with E-state index >= 15 is 0 Å². The molecule has 0 bridgehead atoms. The average Bonchev–Trinajstić information content (AvgIpc) is 2.54. The topological polar surface area (TPSA) is 64.6 Å². The fraction of sp³-hybridized carbons (Fsp3) is 0.867. The van der Waals surface area contributed by atoms with Crippen LogP contribution in [0.25, 0.3) is 0 Å². The number of hydrogen-bond donors (Lipinski definition) is 0. The van der Waals surface area contributed by atoms with E-state index < -0.39 is 0 Å². The van der Waals surface area contributed by atoms with Gasteiger partial charge in [-0.2, -0.15) is 0 Å². The number of rotatable bonds is 18. The van der Waals surface area contributed by atoms with E-state index in [1.165, 1.54) is 57.6 Å². The molecule has 7 heteroatoms. The Morgan fingerprint density at radius 3 is 1.82 bits per heavy atom. The Morgan fingerprint density at radius 2 is 1.18 bits per heavy atom. The molecule has 0 rings (SSSR count). The highest BCUT2D eigenvalue weighted by atomic mass is 17.9. The highest BCUT2D eigenvalue weighted by Crippen LogP contribution is 2.10. The van der Waals surface area contributed by atoms with Crippen molar-refractivity contribution in [3.8, 4) is 0 Å². The normalized spacial score (nSPS) is 11.4. The second-order valence-corrected chi connectivity index (χ2v) is 4.91. The third-order valence-electron chi connectivity index (χ3n) is 2.97. The van der Waals surface area contributed by atoms with Crippen LogP contribution in [0.2, 0.25) is 0 Å². The Labute approximate surface area is 133 Å². The van der Waals surface area contributed by atoms with Gasteiger partial charge in [0.2, 0.25) is 0 Å². The average molecular weight is 322 g/mol. The Bertz CT molecular complexity index is 224. The SMILES string of the molecule is CC=COOOOOOOCCCCCCCCCCCC. The molecule has 22 heavy (non-hydrogen) atoms. The summed E-state index contributed by atoms with van der Waals surface area (Å²) in [6.07, 6.45) is 15.4. The van der Waals surface area contributed by atoms with Crippen LogP contribution in [0.3, 0.4) is 0 Å². The zero-order valence-corrected chi connectivity index (χ0v) is 13.8. The molecule has 0 aromatic rings. The molecule has 7 nitrogen and oxygen atoms in total. The summed E-state index contributed by atoms with van der Waals surface area (Å²) in [7, 11) is 0. The van der Waals surface area contributed by atoms with Gasteiger partial charge in [0.05, 0.1) is 6.61 Å². The molecule has 0 heterocycles. The summed E-state index contributed by atoms with van der Waals surface area (Å²) in [5, 5.41) is 20.2. The first kappa shape index (κ1) is 21.3. The fourth-order valence-electron chi connectivity index (χ4n) is 1.83. The van der Waals surface area contributed by atoms with Crippen molar-refractivity contribution in [1.29, 1.82) is 0 Å². The van der Waals surface area contributed by atoms with E-state index in [1.807, 2.05) is 0 Å². The second-order valence-electron chi connectivity index (χ2n) is 4.91. The molecule has 0 spiro atoms. The summed E-state index contributed by atoms with van der Waals surface area (Å²) in [5.41, 5.74) is 0. The van der Waals surface area contributed by atoms with Crippen LogP contribution in [-0.4, -0.2) is 6.61 Å². The van der Waals surface area contributed by atoms with Crippen molar-refractivity contribution in [3.05, 3.63) is 12.3 Å². The molecule has 0 amide bonds. The van der Waals surface area contributed by atoms with Crippen molar-refractivity contribution >= 4 is 0 Å². The van der Waals surface area contributed by atoms with Crippen LogP contribution >= 0.6 is 0 Å². The maximum Gasteiger partial charge on any atom is 0.128 e. The molecule has 0 aromatic heterocycles. The van der Waals surface area contributed by atoms with E-state index in [9.17, 15) is 0 Å². The van der Waals surface area contributed by atoms with E-state index in [4.69, 9.17) is 4.89 Å². The monoisotopic (exact) mass is 322 g/mol. The first-order valence-electron chi connectivity index (χ1n) is 8.14. The molecule has 0 aliphatic carbocycles. The van der Waals surface area contributed by atoms with E-state index in [0.29, 0.717) is 6.61 Å². The first-order chi connectivity index (χ1) is 10.9. The molecule has 0 aliphatic heterocycles. The highest BCUT2D eigenvalue weighted by Gasteiger charge is 1.95. The smallest absolute Gasteiger partial charge is 0.128 e. The van der Waals surface area contributed by atoms with Gasteiger partial charge < -0.3 is 4.89 Å². The van der Waals surface area contributed by atoms with Crippen LogP contribution in [0.1, 0.15) is 78.1 Å². The van der Waals surface area contributed by atoms with Gasteiger partial charge in [0.1, 0.15) is 6.26 Å². The van der Waals surface area contributed by atoms with Gasteiger partial charge in [0.25, 0.3) is 0 Å². The van der Waals surface area contributed by atoms with Crippen LogP contribution < -0.4 is 0 Å². The number of unbranched alkanes of at least 4 members (excludes halogenated alkanes) is 9. The second kappa shape index (κ2) is 20.3. The van der Waals surface area contributed by atoms with Crippen molar-refractivity contribution in [3.63, 3.8) is 0 Å². The molecule has 0 saturated heterocycles. The van der Waals surface area contributed by atoms with Gasteiger partial charge in [-0.15, -0.1) is 0 Å². The van der Waals surface area contributed by atoms with Crippen molar-refractivity contribution in [2.24, 2.45) is 0 Å². The van der Waals surface area contributed by atoms with Crippen LogP contribution in [0.15, 0.2) is 12.3 Å². The van der Waals surface area contributed by atoms with Gasteiger partial charge in [-0.3, -0.25) is 0 Å². The minimum absolute atomic E-state index is 0.426. The van der Waals surface area contributed by atoms with Gasteiger partial charge in [0.15, 0.2) is 0 Å². The number of allylic oxidation sites excluding steroid dienone is 1. The molecule has 0 N–H and O–H groups in total. The summed E-state index contributed by atoms with van der Waals surface area (Å²) in [5.74, 6) is 0. The van der Waals surface area contributed by atoms with Gasteiger partial charge in [-0.1, -0.05) is 64.7 Å². The van der Waals surface area contributed by atoms with E-state index in [-0.39, 0.29) is 0 Å². The summed E-state index contributed by atoms with van der Waals surface area (Å²) >= 11 is 0. The van der Waals surface area contributed by atoms with Crippen molar-refractivity contribution in [2.75, 3.05) is 6.61 Å².